The lowest BCUT2D eigenvalue weighted by Crippen LogP contribution is -2.57. The van der Waals surface area contributed by atoms with E-state index in [0.717, 1.165) is 89.9 Å². The number of carbonyl (C=O) groups excluding carboxylic acids is 5. The summed E-state index contributed by atoms with van der Waals surface area (Å²) in [5.74, 6) is -1.09. The molecule has 3 aromatic heterocycles. The van der Waals surface area contributed by atoms with E-state index in [-0.39, 0.29) is 67.5 Å². The average molecular weight is 1200 g/mol. The number of carbonyl (C=O) groups is 5. The summed E-state index contributed by atoms with van der Waals surface area (Å²) in [5.41, 5.74) is 9.39. The lowest BCUT2D eigenvalue weighted by Gasteiger charge is -2.39. The zero-order valence-electron chi connectivity index (χ0n) is 49.8. The van der Waals surface area contributed by atoms with Gasteiger partial charge in [-0.2, -0.15) is 0 Å². The Kier molecular flexibility index (Phi) is 20.8. The topological polar surface area (TPSA) is 230 Å². The van der Waals surface area contributed by atoms with Crippen molar-refractivity contribution >= 4 is 69.4 Å². The largest absolute Gasteiger partial charge is 0.391 e. The van der Waals surface area contributed by atoms with Gasteiger partial charge in [0, 0.05) is 87.2 Å². The molecule has 21 heteroatoms. The van der Waals surface area contributed by atoms with E-state index in [1.807, 2.05) is 125 Å². The summed E-state index contributed by atoms with van der Waals surface area (Å²) in [7, 11) is 3.64. The number of nitrogens with one attached hydrogen (secondary N) is 4. The highest BCUT2D eigenvalue weighted by Crippen LogP contribution is 2.34. The van der Waals surface area contributed by atoms with Gasteiger partial charge in [0.25, 0.3) is 11.5 Å². The average Bonchev–Trinajstić information content (AvgIpc) is 3.99. The number of hydrogen-bond donors (Lipinski definition) is 5. The number of ether oxygens (including phenoxy) is 2. The van der Waals surface area contributed by atoms with Crippen molar-refractivity contribution in [1.82, 2.24) is 39.9 Å². The fourth-order valence-electron chi connectivity index (χ4n) is 11.2. The Bertz CT molecular complexity index is 3370. The molecule has 2 saturated heterocycles. The van der Waals surface area contributed by atoms with Crippen LogP contribution in [0.5, 0.6) is 0 Å². The van der Waals surface area contributed by atoms with Crippen LogP contribution in [0.1, 0.15) is 114 Å². The summed E-state index contributed by atoms with van der Waals surface area (Å²) >= 11 is 3.15. The summed E-state index contributed by atoms with van der Waals surface area (Å²) in [6.45, 7) is 13.0. The van der Waals surface area contributed by atoms with Gasteiger partial charge in [-0.3, -0.25) is 33.7 Å². The predicted octanol–water partition coefficient (Wildman–Crippen LogP) is 8.34. The first kappa shape index (κ1) is 62.4. The summed E-state index contributed by atoms with van der Waals surface area (Å²) in [6, 6.07) is 20.9. The number of likely N-dealkylation sites (N-methyl/N-ethyl adjacent to an activating group) is 1. The molecule has 5 N–H and O–H groups in total. The van der Waals surface area contributed by atoms with Gasteiger partial charge in [0.15, 0.2) is 5.82 Å². The summed E-state index contributed by atoms with van der Waals surface area (Å²) < 4.78 is 13.0. The van der Waals surface area contributed by atoms with E-state index in [9.17, 15) is 33.9 Å². The van der Waals surface area contributed by atoms with Crippen LogP contribution in [0, 0.1) is 19.3 Å². The summed E-state index contributed by atoms with van der Waals surface area (Å²) in [4.78, 5) is 99.0. The van der Waals surface area contributed by atoms with Gasteiger partial charge in [0.2, 0.25) is 23.6 Å². The third kappa shape index (κ3) is 15.7. The molecule has 3 aliphatic rings. The molecule has 19 nitrogen and oxygen atoms in total. The molecule has 0 spiro atoms. The maximum atomic E-state index is 14.1. The number of likely N-dealkylation sites (tertiary alicyclic amines) is 1. The van der Waals surface area contributed by atoms with Crippen molar-refractivity contribution in [3.05, 3.63) is 133 Å². The highest BCUT2D eigenvalue weighted by Gasteiger charge is 2.44. The molecule has 0 bridgehead atoms. The second kappa shape index (κ2) is 28.4. The van der Waals surface area contributed by atoms with Crippen LogP contribution in [-0.4, -0.2) is 142 Å². The van der Waals surface area contributed by atoms with Gasteiger partial charge in [-0.15, -0.1) is 22.7 Å². The monoisotopic (exact) mass is 1200 g/mol. The molecule has 9 rings (SSSR count). The number of aryl methyl sites for hydroxylation is 4. The number of hydrogen-bond acceptors (Lipinski definition) is 15. The van der Waals surface area contributed by atoms with Gasteiger partial charge in [0.1, 0.15) is 18.1 Å². The maximum absolute atomic E-state index is 14.1. The minimum atomic E-state index is -0.940. The molecular formula is C64H80N10O9S2. The first-order valence-electron chi connectivity index (χ1n) is 29.5. The molecule has 2 fully saturated rings. The molecule has 5 heterocycles. The van der Waals surface area contributed by atoms with E-state index >= 15 is 0 Å². The molecule has 6 aromatic rings. The Balaban J connectivity index is 0.666. The van der Waals surface area contributed by atoms with E-state index in [1.165, 1.54) is 19.9 Å². The molecule has 3 aromatic carbocycles. The number of aromatic nitrogens is 3. The van der Waals surface area contributed by atoms with Crippen LogP contribution in [0.15, 0.2) is 89.3 Å². The van der Waals surface area contributed by atoms with Gasteiger partial charge < -0.3 is 50.2 Å². The molecule has 0 saturated carbocycles. The number of β-amino-alcohol motifs (C(OH)–C–C–N with tert-alkyl or cyclic N) is 1. The van der Waals surface area contributed by atoms with Gasteiger partial charge in [0.05, 0.1) is 52.6 Å². The van der Waals surface area contributed by atoms with Gasteiger partial charge in [-0.25, -0.2) is 9.97 Å². The van der Waals surface area contributed by atoms with Crippen molar-refractivity contribution < 1.29 is 38.6 Å². The molecule has 2 aliphatic heterocycles. The highest BCUT2D eigenvalue weighted by molar-refractivity contribution is 7.14. The molecule has 4 atom stereocenters. The van der Waals surface area contributed by atoms with Crippen LogP contribution in [0.25, 0.3) is 21.7 Å². The lowest BCUT2D eigenvalue weighted by atomic mass is 9.85. The molecule has 0 radical (unpaired) electrons. The molecule has 5 amide bonds. The van der Waals surface area contributed by atoms with Gasteiger partial charge >= 0.3 is 0 Å². The van der Waals surface area contributed by atoms with E-state index in [1.54, 1.807) is 35.9 Å². The summed E-state index contributed by atoms with van der Waals surface area (Å²) in [6.07, 6.45) is 7.81. The molecular weight excluding hydrogens is 1120 g/mol. The fourth-order valence-corrected chi connectivity index (χ4v) is 13.2. The van der Waals surface area contributed by atoms with Crippen LogP contribution in [0.3, 0.4) is 0 Å². The van der Waals surface area contributed by atoms with Crippen LogP contribution >= 0.6 is 22.7 Å². The van der Waals surface area contributed by atoms with Crippen molar-refractivity contribution in [3.8, 4) is 21.7 Å². The van der Waals surface area contributed by atoms with Crippen molar-refractivity contribution in [2.45, 2.75) is 123 Å². The minimum Gasteiger partial charge on any atom is -0.391 e. The Labute approximate surface area is 505 Å². The summed E-state index contributed by atoms with van der Waals surface area (Å²) in [5, 5.41) is 22.8. The number of anilines is 3. The zero-order chi connectivity index (χ0) is 60.4. The lowest BCUT2D eigenvalue weighted by molar-refractivity contribution is -0.144. The quantitative estimate of drug-likeness (QED) is 0.0360. The normalized spacial score (nSPS) is 17.6. The second-order valence-electron chi connectivity index (χ2n) is 23.5. The van der Waals surface area contributed by atoms with Crippen molar-refractivity contribution in [2.24, 2.45) is 12.5 Å². The van der Waals surface area contributed by atoms with Crippen molar-refractivity contribution in [1.29, 1.82) is 0 Å². The van der Waals surface area contributed by atoms with Gasteiger partial charge in [-0.1, -0.05) is 69.3 Å². The number of nitrogens with zero attached hydrogens (tertiary/aromatic N) is 6. The number of benzene rings is 3. The smallest absolute Gasteiger partial charge is 0.293 e. The highest BCUT2D eigenvalue weighted by atomic mass is 32.1. The van der Waals surface area contributed by atoms with E-state index in [2.05, 4.69) is 31.2 Å². The number of aliphatic hydroxyl groups is 1. The predicted molar refractivity (Wildman–Crippen MR) is 332 cm³/mol. The number of rotatable bonds is 24. The number of aliphatic hydroxyl groups excluding tert-OH is 1. The third-order valence-electron chi connectivity index (χ3n) is 16.1. The Hall–Kier alpha value is -7.14. The Morgan fingerprint density at radius 1 is 0.882 bits per heavy atom. The maximum Gasteiger partial charge on any atom is 0.293 e. The van der Waals surface area contributed by atoms with Crippen LogP contribution in [0.4, 0.5) is 17.2 Å². The van der Waals surface area contributed by atoms with Crippen LogP contribution in [0.2, 0.25) is 0 Å². The Morgan fingerprint density at radius 2 is 1.64 bits per heavy atom. The number of fused-ring (bicyclic) bond motifs is 1. The SMILES string of the molecule is Cc1ncsc1-c1ccc(CNC(=O)[C@@H]2C[C@@H](O)CN2C(=O)[C@@H](NC(=O)CCOCCOCCCCCN2CCN(C)[C@H](c3ccc(Nc4nc(-c5cccc(NC(=O)c6cc7c(s6)CCCC7)c5C)cn(C)c4=O)cc3)C2=O)C(C)(C)C)cc1. The number of piperazine rings is 1. The van der Waals surface area contributed by atoms with E-state index in [4.69, 9.17) is 14.5 Å². The number of unbranched alkanes of at least 4 members (excludes halogenated alkanes) is 2. The number of thiazole rings is 1. The van der Waals surface area contributed by atoms with Crippen molar-refractivity contribution in [2.75, 3.05) is 70.3 Å². The van der Waals surface area contributed by atoms with Gasteiger partial charge in [-0.05, 0) is 123 Å². The Morgan fingerprint density at radius 3 is 2.36 bits per heavy atom. The molecule has 452 valence electrons. The van der Waals surface area contributed by atoms with E-state index < -0.39 is 35.6 Å². The first-order valence-corrected chi connectivity index (χ1v) is 31.2. The van der Waals surface area contributed by atoms with E-state index in [0.29, 0.717) is 54.9 Å². The fraction of sp³-hybridized carbons (Fsp3) is 0.469. The standard InChI is InChI=1S/C64H80N10O9S2/c1-40-48(15-13-16-49(40)69-60(78)53-34-45-14-9-10-17-52(45)85-53)50-38-72(7)63(81)58(68-50)67-46-24-22-43(23-25-46)55-61(79)73(29-28-71(55)6)27-11-8-12-30-82-32-33-83-31-26-54(76)70-57(64(3,4)5)62(80)74-37-47(75)35-51(74)59(77)65-36-42-18-20-44(21-19-42)56-41(2)66-39-84-56/h13,15-16,18-25,34,38-39,47,51,55,57,75H,8-12,14,17,26-33,35-37H2,1-7H3,(H,65,77)(H,67,68)(H,69,78)(H,70,76)/t47-,51+,55-,57-/m1/s1. The molecule has 1 aliphatic carbocycles. The van der Waals surface area contributed by atoms with Crippen LogP contribution < -0.4 is 26.8 Å². The molecule has 0 unspecified atom stereocenters. The second-order valence-corrected chi connectivity index (χ2v) is 25.5. The van der Waals surface area contributed by atoms with Crippen LogP contribution in [-0.2, 0) is 55.1 Å². The number of thiophene rings is 1. The zero-order valence-corrected chi connectivity index (χ0v) is 51.5. The van der Waals surface area contributed by atoms with Crippen molar-refractivity contribution in [3.63, 3.8) is 0 Å². The first-order chi connectivity index (χ1) is 40.8. The third-order valence-corrected chi connectivity index (χ3v) is 18.3. The number of amides is 5. The molecule has 85 heavy (non-hydrogen) atoms. The minimum absolute atomic E-state index is 0.0118.